The Morgan fingerprint density at radius 2 is 1.50 bits per heavy atom. The van der Waals surface area contributed by atoms with E-state index < -0.39 is 6.10 Å². The van der Waals surface area contributed by atoms with Gasteiger partial charge in [-0.3, -0.25) is 4.79 Å². The minimum absolute atomic E-state index is 0.644. The van der Waals surface area contributed by atoms with E-state index in [0.29, 0.717) is 5.56 Å². The number of hydrogen-bond donors (Lipinski definition) is 1. The van der Waals surface area contributed by atoms with E-state index in [-0.39, 0.29) is 0 Å². The van der Waals surface area contributed by atoms with E-state index in [4.69, 9.17) is 10.4 Å². The van der Waals surface area contributed by atoms with Gasteiger partial charge in [-0.25, -0.2) is 0 Å². The Bertz CT molecular complexity index is 503. The van der Waals surface area contributed by atoms with E-state index in [1.54, 1.807) is 42.5 Å². The monoisotopic (exact) mass is 239 g/mol. The number of aldehydes is 1. The lowest BCUT2D eigenvalue weighted by Crippen LogP contribution is -1.90. The third-order valence-corrected chi connectivity index (χ3v) is 2.17. The van der Waals surface area contributed by atoms with Crippen LogP contribution in [-0.4, -0.2) is 11.4 Å². The number of nitriles is 1. The van der Waals surface area contributed by atoms with Crippen LogP contribution >= 0.6 is 0 Å². The van der Waals surface area contributed by atoms with Crippen LogP contribution in [0.1, 0.15) is 22.0 Å². The molecule has 2 rings (SSSR count). The molecule has 18 heavy (non-hydrogen) atoms. The predicted molar refractivity (Wildman–Crippen MR) is 68.8 cm³/mol. The first-order chi connectivity index (χ1) is 8.77. The quantitative estimate of drug-likeness (QED) is 0.647. The SMILES string of the molecule is N#CC(O)c1ccccc1.O=Cc1ccccc1. The Kier molecular flexibility index (Phi) is 5.88. The van der Waals surface area contributed by atoms with E-state index in [1.807, 2.05) is 24.3 Å². The molecule has 0 aliphatic carbocycles. The second kappa shape index (κ2) is 7.77. The van der Waals surface area contributed by atoms with Crippen LogP contribution in [0.5, 0.6) is 0 Å². The molecule has 0 fully saturated rings. The molecule has 0 spiro atoms. The Hall–Kier alpha value is -2.44. The molecule has 0 heterocycles. The minimum atomic E-state index is -0.985. The molecule has 0 bridgehead atoms. The van der Waals surface area contributed by atoms with Crippen LogP contribution in [0.2, 0.25) is 0 Å². The molecule has 0 radical (unpaired) electrons. The summed E-state index contributed by atoms with van der Waals surface area (Å²) in [5.41, 5.74) is 1.37. The van der Waals surface area contributed by atoms with Crippen LogP contribution in [0.4, 0.5) is 0 Å². The molecule has 3 heteroatoms. The number of aliphatic hydroxyl groups excluding tert-OH is 1. The van der Waals surface area contributed by atoms with E-state index in [9.17, 15) is 4.79 Å². The zero-order valence-electron chi connectivity index (χ0n) is 9.73. The lowest BCUT2D eigenvalue weighted by molar-refractivity contribution is 0.112. The molecule has 0 saturated heterocycles. The minimum Gasteiger partial charge on any atom is -0.374 e. The standard InChI is InChI=1S/C8H7NO.C7H6O/c9-6-8(10)7-4-2-1-3-5-7;8-6-7-4-2-1-3-5-7/h1-5,8,10H;1-6H. The van der Waals surface area contributed by atoms with Crippen molar-refractivity contribution < 1.29 is 9.90 Å². The number of rotatable bonds is 2. The zero-order valence-corrected chi connectivity index (χ0v) is 9.73. The average molecular weight is 239 g/mol. The Balaban J connectivity index is 0.000000184. The summed E-state index contributed by atoms with van der Waals surface area (Å²) in [4.78, 5) is 10.0. The molecule has 0 amide bonds. The van der Waals surface area contributed by atoms with Crippen LogP contribution in [-0.2, 0) is 0 Å². The van der Waals surface area contributed by atoms with Gasteiger partial charge in [-0.15, -0.1) is 0 Å². The van der Waals surface area contributed by atoms with Crippen LogP contribution < -0.4 is 0 Å². The Morgan fingerprint density at radius 1 is 1.00 bits per heavy atom. The van der Waals surface area contributed by atoms with Gasteiger partial charge in [0.1, 0.15) is 6.29 Å². The molecule has 2 aromatic rings. The van der Waals surface area contributed by atoms with Gasteiger partial charge < -0.3 is 5.11 Å². The summed E-state index contributed by atoms with van der Waals surface area (Å²) in [7, 11) is 0. The van der Waals surface area contributed by atoms with Crippen molar-refractivity contribution in [3.63, 3.8) is 0 Å². The van der Waals surface area contributed by atoms with Gasteiger partial charge in [-0.1, -0.05) is 60.7 Å². The molecule has 1 N–H and O–H groups in total. The fourth-order valence-electron chi connectivity index (χ4n) is 1.24. The maximum Gasteiger partial charge on any atom is 0.165 e. The van der Waals surface area contributed by atoms with Gasteiger partial charge in [-0.05, 0) is 5.56 Å². The first-order valence-electron chi connectivity index (χ1n) is 5.40. The number of carbonyl (C=O) groups excluding carboxylic acids is 1. The number of aliphatic hydroxyl groups is 1. The molecule has 90 valence electrons. The maximum atomic E-state index is 10.0. The van der Waals surface area contributed by atoms with Crippen LogP contribution in [0.3, 0.4) is 0 Å². The number of nitrogens with zero attached hydrogens (tertiary/aromatic N) is 1. The lowest BCUT2D eigenvalue weighted by Gasteiger charge is -1.98. The van der Waals surface area contributed by atoms with Gasteiger partial charge >= 0.3 is 0 Å². The first-order valence-corrected chi connectivity index (χ1v) is 5.40. The molecular formula is C15H13NO2. The summed E-state index contributed by atoms with van der Waals surface area (Å²) in [5, 5.41) is 17.3. The van der Waals surface area contributed by atoms with Gasteiger partial charge in [0, 0.05) is 5.56 Å². The normalized spacial score (nSPS) is 10.4. The highest BCUT2D eigenvalue weighted by Crippen LogP contribution is 2.09. The van der Waals surface area contributed by atoms with Crippen molar-refractivity contribution in [3.8, 4) is 6.07 Å². The molecule has 1 unspecified atom stereocenters. The molecule has 3 nitrogen and oxygen atoms in total. The lowest BCUT2D eigenvalue weighted by atomic mass is 10.1. The predicted octanol–water partition coefficient (Wildman–Crippen LogP) is 2.74. The molecular weight excluding hydrogens is 226 g/mol. The van der Waals surface area contributed by atoms with Gasteiger partial charge in [0.25, 0.3) is 0 Å². The maximum absolute atomic E-state index is 10.0. The van der Waals surface area contributed by atoms with Crippen LogP contribution in [0.25, 0.3) is 0 Å². The van der Waals surface area contributed by atoms with Gasteiger partial charge in [0.2, 0.25) is 0 Å². The summed E-state index contributed by atoms with van der Waals surface area (Å²) in [6, 6.07) is 19.7. The van der Waals surface area contributed by atoms with Crippen molar-refractivity contribution in [1.82, 2.24) is 0 Å². The third-order valence-electron chi connectivity index (χ3n) is 2.17. The first kappa shape index (κ1) is 13.6. The van der Waals surface area contributed by atoms with E-state index in [2.05, 4.69) is 0 Å². The third kappa shape index (κ3) is 4.60. The average Bonchev–Trinajstić information content (AvgIpc) is 2.49. The molecule has 2 aromatic carbocycles. The highest BCUT2D eigenvalue weighted by atomic mass is 16.3. The largest absolute Gasteiger partial charge is 0.374 e. The van der Waals surface area contributed by atoms with Crippen molar-refractivity contribution in [1.29, 1.82) is 5.26 Å². The van der Waals surface area contributed by atoms with E-state index in [0.717, 1.165) is 11.8 Å². The van der Waals surface area contributed by atoms with Gasteiger partial charge in [0.05, 0.1) is 6.07 Å². The molecule has 0 aliphatic heterocycles. The number of benzene rings is 2. The molecule has 0 aliphatic rings. The zero-order chi connectivity index (χ0) is 13.2. The van der Waals surface area contributed by atoms with Crippen LogP contribution in [0.15, 0.2) is 60.7 Å². The fraction of sp³-hybridized carbons (Fsp3) is 0.0667. The second-order valence-electron chi connectivity index (χ2n) is 3.47. The molecule has 0 aromatic heterocycles. The summed E-state index contributed by atoms with van der Waals surface area (Å²) < 4.78 is 0. The van der Waals surface area contributed by atoms with E-state index >= 15 is 0 Å². The van der Waals surface area contributed by atoms with Crippen molar-refractivity contribution in [2.24, 2.45) is 0 Å². The number of carbonyl (C=O) groups is 1. The summed E-state index contributed by atoms with van der Waals surface area (Å²) in [6.45, 7) is 0. The highest BCUT2D eigenvalue weighted by molar-refractivity contribution is 5.74. The summed E-state index contributed by atoms with van der Waals surface area (Å²) in [6.07, 6.45) is -0.152. The number of hydrogen-bond acceptors (Lipinski definition) is 3. The Morgan fingerprint density at radius 3 is 1.89 bits per heavy atom. The fourth-order valence-corrected chi connectivity index (χ4v) is 1.24. The summed E-state index contributed by atoms with van der Waals surface area (Å²) >= 11 is 0. The smallest absolute Gasteiger partial charge is 0.165 e. The topological polar surface area (TPSA) is 61.1 Å². The van der Waals surface area contributed by atoms with Crippen molar-refractivity contribution in [2.75, 3.05) is 0 Å². The van der Waals surface area contributed by atoms with Gasteiger partial charge in [-0.2, -0.15) is 5.26 Å². The molecule has 1 atom stereocenters. The van der Waals surface area contributed by atoms with E-state index in [1.165, 1.54) is 0 Å². The Labute approximate surface area is 106 Å². The molecule has 0 saturated carbocycles. The second-order valence-corrected chi connectivity index (χ2v) is 3.47. The highest BCUT2D eigenvalue weighted by Gasteiger charge is 2.01. The summed E-state index contributed by atoms with van der Waals surface area (Å²) in [5.74, 6) is 0. The van der Waals surface area contributed by atoms with Crippen molar-refractivity contribution in [3.05, 3.63) is 71.8 Å². The van der Waals surface area contributed by atoms with Crippen molar-refractivity contribution in [2.45, 2.75) is 6.10 Å². The van der Waals surface area contributed by atoms with Crippen molar-refractivity contribution >= 4 is 6.29 Å². The van der Waals surface area contributed by atoms with Gasteiger partial charge in [0.15, 0.2) is 6.10 Å². The van der Waals surface area contributed by atoms with Crippen LogP contribution in [0, 0.1) is 11.3 Å².